The third-order valence-corrected chi connectivity index (χ3v) is 4.31. The van der Waals surface area contributed by atoms with Crippen LogP contribution in [0.4, 0.5) is 4.39 Å². The van der Waals surface area contributed by atoms with Crippen LogP contribution in [0.25, 0.3) is 22.2 Å². The highest BCUT2D eigenvalue weighted by Crippen LogP contribution is 2.25. The maximum atomic E-state index is 13.2. The third-order valence-electron chi connectivity index (χ3n) is 4.31. The van der Waals surface area contributed by atoms with E-state index in [1.807, 2.05) is 0 Å². The van der Waals surface area contributed by atoms with Gasteiger partial charge in [-0.25, -0.2) is 14.2 Å². The van der Waals surface area contributed by atoms with Gasteiger partial charge in [0, 0.05) is 16.7 Å². The van der Waals surface area contributed by atoms with Crippen molar-refractivity contribution in [3.63, 3.8) is 0 Å². The Morgan fingerprint density at radius 1 is 1.21 bits per heavy atom. The molecule has 3 aromatic rings. The number of esters is 1. The van der Waals surface area contributed by atoms with Crippen molar-refractivity contribution in [2.24, 2.45) is 5.92 Å². The lowest BCUT2D eigenvalue weighted by Crippen LogP contribution is -2.25. The summed E-state index contributed by atoms with van der Waals surface area (Å²) in [6.45, 7) is 0.731. The van der Waals surface area contributed by atoms with E-state index in [-0.39, 0.29) is 17.1 Å². The predicted octanol–water partition coefficient (Wildman–Crippen LogP) is 3.95. The lowest BCUT2D eigenvalue weighted by atomic mass is 10.0. The van der Waals surface area contributed by atoms with Crippen molar-refractivity contribution in [1.29, 1.82) is 10.7 Å². The van der Waals surface area contributed by atoms with Crippen LogP contribution in [0.3, 0.4) is 0 Å². The minimum Gasteiger partial charge on any atom is -0.454 e. The number of nitrogens with zero attached hydrogens (tertiary/aromatic N) is 2. The summed E-state index contributed by atoms with van der Waals surface area (Å²) in [4.78, 5) is 29.2. The fourth-order valence-electron chi connectivity index (χ4n) is 2.82. The first kappa shape index (κ1) is 19.8. The molecule has 2 aromatic carbocycles. The number of carbonyl (C=O) groups is 2. The van der Waals surface area contributed by atoms with E-state index in [9.17, 15) is 14.0 Å². The van der Waals surface area contributed by atoms with Gasteiger partial charge in [0.2, 0.25) is 0 Å². The zero-order valence-corrected chi connectivity index (χ0v) is 15.5. The quantitative estimate of drug-likeness (QED) is 0.508. The number of carbonyl (C=O) groups excluding carboxylic acids is 2. The molecule has 144 valence electrons. The molecule has 0 amide bonds. The number of benzene rings is 2. The topological polar surface area (TPSA) is 104 Å². The van der Waals surface area contributed by atoms with Crippen molar-refractivity contribution in [3.05, 3.63) is 66.0 Å². The first-order chi connectivity index (χ1) is 13.9. The van der Waals surface area contributed by atoms with E-state index in [4.69, 9.17) is 15.4 Å². The molecule has 0 saturated heterocycles. The average Bonchev–Trinajstić information content (AvgIpc) is 2.72. The number of rotatable bonds is 6. The number of nitrogens with one attached hydrogen (secondary N) is 1. The number of Topliss-reactive ketones (excluding diaryl/α,β-unsaturated/α-hetero) is 1. The number of hydrogen-bond acceptors (Lipinski definition) is 6. The summed E-state index contributed by atoms with van der Waals surface area (Å²) in [6.07, 6.45) is 0. The molecule has 1 atom stereocenters. The summed E-state index contributed by atoms with van der Waals surface area (Å²) < 4.78 is 18.3. The standard InChI is InChI=1S/C22H16FN3O3/c1-13(25)18(11-24)21(27)12-29-22(28)17-10-20(14-6-8-15(23)9-7-14)26-19-5-3-2-4-16(17)19/h2-10,18,25H,12H2,1H3. The molecule has 1 heterocycles. The fourth-order valence-corrected chi connectivity index (χ4v) is 2.82. The maximum absolute atomic E-state index is 13.2. The molecule has 0 saturated carbocycles. The van der Waals surface area contributed by atoms with Crippen LogP contribution in [0.15, 0.2) is 54.6 Å². The highest BCUT2D eigenvalue weighted by Gasteiger charge is 2.23. The molecule has 7 heteroatoms. The summed E-state index contributed by atoms with van der Waals surface area (Å²) in [5.41, 5.74) is 1.70. The highest BCUT2D eigenvalue weighted by atomic mass is 19.1. The van der Waals surface area contributed by atoms with Crippen LogP contribution in [0.2, 0.25) is 0 Å². The monoisotopic (exact) mass is 389 g/mol. The molecule has 3 rings (SSSR count). The Hall–Kier alpha value is -3.92. The second kappa shape index (κ2) is 8.40. The van der Waals surface area contributed by atoms with Crippen LogP contribution in [-0.4, -0.2) is 29.1 Å². The van der Waals surface area contributed by atoms with Crippen LogP contribution in [-0.2, 0) is 9.53 Å². The van der Waals surface area contributed by atoms with Crippen molar-refractivity contribution in [3.8, 4) is 17.3 Å². The first-order valence-electron chi connectivity index (χ1n) is 8.71. The number of pyridine rings is 1. The number of aromatic nitrogens is 1. The number of halogens is 1. The largest absolute Gasteiger partial charge is 0.454 e. The van der Waals surface area contributed by atoms with Crippen molar-refractivity contribution >= 4 is 28.4 Å². The van der Waals surface area contributed by atoms with E-state index >= 15 is 0 Å². The van der Waals surface area contributed by atoms with Gasteiger partial charge < -0.3 is 10.1 Å². The maximum Gasteiger partial charge on any atom is 0.339 e. The summed E-state index contributed by atoms with van der Waals surface area (Å²) in [5, 5.41) is 17.0. The Labute approximate surface area is 166 Å². The molecule has 0 bridgehead atoms. The van der Waals surface area contributed by atoms with Gasteiger partial charge >= 0.3 is 5.97 Å². The molecular formula is C22H16FN3O3. The Kier molecular flexibility index (Phi) is 5.74. The Balaban J connectivity index is 1.94. The van der Waals surface area contributed by atoms with E-state index in [1.54, 1.807) is 42.5 Å². The minimum absolute atomic E-state index is 0.110. The normalized spacial score (nSPS) is 11.5. The third kappa shape index (κ3) is 4.33. The molecule has 0 fully saturated rings. The van der Waals surface area contributed by atoms with Gasteiger partial charge in [0.1, 0.15) is 11.7 Å². The van der Waals surface area contributed by atoms with Gasteiger partial charge in [-0.1, -0.05) is 18.2 Å². The SMILES string of the molecule is CC(=N)C(C#N)C(=O)COC(=O)c1cc(-c2ccc(F)cc2)nc2ccccc12. The lowest BCUT2D eigenvalue weighted by Gasteiger charge is -2.11. The van der Waals surface area contributed by atoms with E-state index < -0.39 is 24.3 Å². The smallest absolute Gasteiger partial charge is 0.339 e. The van der Waals surface area contributed by atoms with Gasteiger partial charge in [0.25, 0.3) is 0 Å². The van der Waals surface area contributed by atoms with Gasteiger partial charge in [-0.15, -0.1) is 0 Å². The predicted molar refractivity (Wildman–Crippen MR) is 105 cm³/mol. The lowest BCUT2D eigenvalue weighted by molar-refractivity contribution is -0.122. The van der Waals surface area contributed by atoms with Crippen molar-refractivity contribution in [2.45, 2.75) is 6.92 Å². The van der Waals surface area contributed by atoms with Gasteiger partial charge in [-0.2, -0.15) is 5.26 Å². The average molecular weight is 389 g/mol. The molecule has 1 unspecified atom stereocenters. The number of fused-ring (bicyclic) bond motifs is 1. The number of para-hydroxylation sites is 1. The van der Waals surface area contributed by atoms with E-state index in [0.717, 1.165) is 0 Å². The highest BCUT2D eigenvalue weighted by molar-refractivity contribution is 6.08. The molecule has 0 spiro atoms. The Bertz CT molecular complexity index is 1150. The second-order valence-corrected chi connectivity index (χ2v) is 6.37. The molecule has 1 N–H and O–H groups in total. The van der Waals surface area contributed by atoms with Gasteiger partial charge in [-0.05, 0) is 43.3 Å². The van der Waals surface area contributed by atoms with Crippen LogP contribution >= 0.6 is 0 Å². The summed E-state index contributed by atoms with van der Waals surface area (Å²) in [5.74, 6) is -3.04. The van der Waals surface area contributed by atoms with Gasteiger partial charge in [-0.3, -0.25) is 4.79 Å². The Morgan fingerprint density at radius 3 is 2.55 bits per heavy atom. The van der Waals surface area contributed by atoms with Crippen LogP contribution in [0.1, 0.15) is 17.3 Å². The summed E-state index contributed by atoms with van der Waals surface area (Å²) >= 11 is 0. The molecule has 0 aliphatic carbocycles. The first-order valence-corrected chi connectivity index (χ1v) is 8.71. The Morgan fingerprint density at radius 2 is 1.90 bits per heavy atom. The van der Waals surface area contributed by atoms with Crippen LogP contribution < -0.4 is 0 Å². The second-order valence-electron chi connectivity index (χ2n) is 6.37. The van der Waals surface area contributed by atoms with Crippen molar-refractivity contribution < 1.29 is 18.7 Å². The summed E-state index contributed by atoms with van der Waals surface area (Å²) in [7, 11) is 0. The number of ether oxygens (including phenoxy) is 1. The molecule has 0 aliphatic rings. The molecule has 29 heavy (non-hydrogen) atoms. The van der Waals surface area contributed by atoms with E-state index in [1.165, 1.54) is 25.1 Å². The molecular weight excluding hydrogens is 373 g/mol. The molecule has 0 aliphatic heterocycles. The van der Waals surface area contributed by atoms with E-state index in [2.05, 4.69) is 4.98 Å². The zero-order chi connectivity index (χ0) is 21.0. The molecule has 6 nitrogen and oxygen atoms in total. The number of nitriles is 1. The van der Waals surface area contributed by atoms with Gasteiger partial charge in [0.15, 0.2) is 12.4 Å². The fraction of sp³-hybridized carbons (Fsp3) is 0.136. The van der Waals surface area contributed by atoms with E-state index in [0.29, 0.717) is 22.2 Å². The van der Waals surface area contributed by atoms with Crippen LogP contribution in [0, 0.1) is 28.5 Å². The number of ketones is 1. The minimum atomic E-state index is -1.24. The van der Waals surface area contributed by atoms with Crippen molar-refractivity contribution in [2.75, 3.05) is 6.61 Å². The van der Waals surface area contributed by atoms with Crippen LogP contribution in [0.5, 0.6) is 0 Å². The molecule has 0 radical (unpaired) electrons. The number of hydrogen-bond donors (Lipinski definition) is 1. The zero-order valence-electron chi connectivity index (χ0n) is 15.5. The summed E-state index contributed by atoms with van der Waals surface area (Å²) in [6, 6.07) is 15.9. The molecule has 1 aromatic heterocycles. The van der Waals surface area contributed by atoms with Gasteiger partial charge in [0.05, 0.1) is 22.8 Å². The van der Waals surface area contributed by atoms with Crippen molar-refractivity contribution in [1.82, 2.24) is 4.98 Å².